The van der Waals surface area contributed by atoms with Crippen LogP contribution in [0.25, 0.3) is 6.08 Å². The van der Waals surface area contributed by atoms with Gasteiger partial charge in [0.15, 0.2) is 0 Å². The summed E-state index contributed by atoms with van der Waals surface area (Å²) in [5.41, 5.74) is -3.57. The Kier molecular flexibility index (Phi) is 8.97. The lowest BCUT2D eigenvalue weighted by molar-refractivity contribution is -0.163. The predicted octanol–water partition coefficient (Wildman–Crippen LogP) is 7.49. The van der Waals surface area contributed by atoms with Crippen LogP contribution in [0.2, 0.25) is 0 Å². The number of ether oxygens (including phenoxy) is 1. The van der Waals surface area contributed by atoms with E-state index >= 15 is 0 Å². The van der Waals surface area contributed by atoms with Crippen molar-refractivity contribution in [3.63, 3.8) is 0 Å². The van der Waals surface area contributed by atoms with Gasteiger partial charge in [0.1, 0.15) is 0 Å². The topological polar surface area (TPSA) is 41.6 Å². The van der Waals surface area contributed by atoms with E-state index in [1.807, 2.05) is 0 Å². The molecule has 38 heavy (non-hydrogen) atoms. The molecule has 0 atom stereocenters. The van der Waals surface area contributed by atoms with Gasteiger partial charge in [-0.1, -0.05) is 43.2 Å². The van der Waals surface area contributed by atoms with Crippen LogP contribution in [0.4, 0.5) is 32.0 Å². The van der Waals surface area contributed by atoms with Gasteiger partial charge in [0, 0.05) is 40.7 Å². The number of benzene rings is 2. The fourth-order valence-corrected chi connectivity index (χ4v) is 5.76. The molecule has 4 rings (SSSR count). The molecule has 4 nitrogen and oxygen atoms in total. The van der Waals surface area contributed by atoms with Crippen molar-refractivity contribution in [1.82, 2.24) is 4.90 Å². The van der Waals surface area contributed by atoms with Crippen molar-refractivity contribution in [2.24, 2.45) is 0 Å². The van der Waals surface area contributed by atoms with Crippen molar-refractivity contribution in [3.8, 4) is 0 Å². The molecule has 0 spiro atoms. The van der Waals surface area contributed by atoms with Crippen molar-refractivity contribution in [1.29, 1.82) is 0 Å². The normalized spacial score (nSPS) is 17.7. The molecule has 1 saturated carbocycles. The van der Waals surface area contributed by atoms with Crippen LogP contribution in [0.1, 0.15) is 48.8 Å². The van der Waals surface area contributed by atoms with Crippen LogP contribution in [0.3, 0.4) is 0 Å². The molecule has 0 aromatic heterocycles. The fourth-order valence-electron chi connectivity index (χ4n) is 4.72. The third kappa shape index (κ3) is 7.25. The van der Waals surface area contributed by atoms with E-state index in [2.05, 4.69) is 5.32 Å². The number of anilines is 1. The highest BCUT2D eigenvalue weighted by Gasteiger charge is 2.46. The van der Waals surface area contributed by atoms with Gasteiger partial charge in [0.05, 0.1) is 24.3 Å². The number of carbonyl (C=O) groups excluding carboxylic acids is 1. The zero-order valence-corrected chi connectivity index (χ0v) is 21.3. The van der Waals surface area contributed by atoms with E-state index in [1.54, 1.807) is 24.3 Å². The number of carbonyl (C=O) groups is 1. The third-order valence-electron chi connectivity index (χ3n) is 6.53. The van der Waals surface area contributed by atoms with E-state index in [1.165, 1.54) is 11.3 Å². The van der Waals surface area contributed by atoms with Gasteiger partial charge in [-0.15, -0.1) is 0 Å². The number of morpholine rings is 1. The minimum Gasteiger partial charge on any atom is -0.382 e. The van der Waals surface area contributed by atoms with Gasteiger partial charge in [-0.3, -0.25) is 4.79 Å². The standard InChI is InChI=1S/C27H28F6N2O2S/c28-26(29,30)24-18(10-12-23(36)35-13-15-37-16-14-35)9-11-22(25(24)27(31,32)33)38-21-8-4-7-20(17-21)34-19-5-2-1-3-6-19/h4,7-12,17,19,34H,1-3,5-6,13-16H2. The Morgan fingerprint density at radius 3 is 2.29 bits per heavy atom. The highest BCUT2D eigenvalue weighted by molar-refractivity contribution is 7.99. The third-order valence-corrected chi connectivity index (χ3v) is 7.58. The summed E-state index contributed by atoms with van der Waals surface area (Å²) >= 11 is 0.630. The van der Waals surface area contributed by atoms with E-state index in [0.29, 0.717) is 22.3 Å². The lowest BCUT2D eigenvalue weighted by atomic mass is 9.95. The van der Waals surface area contributed by atoms with Crippen LogP contribution in [-0.2, 0) is 21.9 Å². The molecule has 0 bridgehead atoms. The summed E-state index contributed by atoms with van der Waals surface area (Å²) in [7, 11) is 0. The Morgan fingerprint density at radius 1 is 0.947 bits per heavy atom. The van der Waals surface area contributed by atoms with Gasteiger partial charge >= 0.3 is 12.4 Å². The zero-order chi connectivity index (χ0) is 27.3. The summed E-state index contributed by atoms with van der Waals surface area (Å²) in [4.78, 5) is 13.6. The number of nitrogens with one attached hydrogen (secondary N) is 1. The number of hydrogen-bond donors (Lipinski definition) is 1. The second-order valence-electron chi connectivity index (χ2n) is 9.28. The fraction of sp³-hybridized carbons (Fsp3) is 0.444. The molecule has 2 fully saturated rings. The Morgan fingerprint density at radius 2 is 1.63 bits per heavy atom. The Labute approximate surface area is 221 Å². The lowest BCUT2D eigenvalue weighted by Crippen LogP contribution is -2.39. The molecule has 1 aliphatic heterocycles. The summed E-state index contributed by atoms with van der Waals surface area (Å²) < 4.78 is 89.9. The Balaban J connectivity index is 1.66. The van der Waals surface area contributed by atoms with Gasteiger partial charge in [-0.25, -0.2) is 0 Å². The first-order valence-corrected chi connectivity index (χ1v) is 13.2. The second kappa shape index (κ2) is 12.0. The van der Waals surface area contributed by atoms with Crippen LogP contribution in [0.5, 0.6) is 0 Å². The molecular formula is C27H28F6N2O2S. The molecule has 0 unspecified atom stereocenters. The van der Waals surface area contributed by atoms with Gasteiger partial charge in [0.25, 0.3) is 0 Å². The largest absolute Gasteiger partial charge is 0.418 e. The molecule has 2 aliphatic rings. The van der Waals surface area contributed by atoms with Gasteiger partial charge in [-0.2, -0.15) is 26.3 Å². The van der Waals surface area contributed by atoms with Crippen LogP contribution < -0.4 is 5.32 Å². The number of amides is 1. The first-order valence-electron chi connectivity index (χ1n) is 12.4. The van der Waals surface area contributed by atoms with E-state index in [9.17, 15) is 31.1 Å². The molecule has 11 heteroatoms. The maximum atomic E-state index is 14.2. The maximum absolute atomic E-state index is 14.2. The van der Waals surface area contributed by atoms with Gasteiger partial charge in [-0.05, 0) is 48.7 Å². The van der Waals surface area contributed by atoms with E-state index in [4.69, 9.17) is 4.74 Å². The lowest BCUT2D eigenvalue weighted by Gasteiger charge is -2.25. The SMILES string of the molecule is O=C(C=Cc1ccc(Sc2cccc(NC3CCCCC3)c2)c(C(F)(F)F)c1C(F)(F)F)N1CCOCC1. The Hall–Kier alpha value is -2.66. The molecule has 1 saturated heterocycles. The molecule has 2 aromatic rings. The smallest absolute Gasteiger partial charge is 0.382 e. The quantitative estimate of drug-likeness (QED) is 0.295. The summed E-state index contributed by atoms with van der Waals surface area (Å²) in [6.07, 6.45) is -3.54. The second-order valence-corrected chi connectivity index (χ2v) is 10.4. The molecule has 1 aliphatic carbocycles. The number of alkyl halides is 6. The van der Waals surface area contributed by atoms with E-state index in [0.717, 1.165) is 50.0 Å². The van der Waals surface area contributed by atoms with E-state index in [-0.39, 0.29) is 32.3 Å². The summed E-state index contributed by atoms with van der Waals surface area (Å²) in [5, 5.41) is 3.38. The van der Waals surface area contributed by atoms with Crippen LogP contribution >= 0.6 is 11.8 Å². The zero-order valence-electron chi connectivity index (χ0n) is 20.5. The molecular weight excluding hydrogens is 530 g/mol. The summed E-state index contributed by atoms with van der Waals surface area (Å²) in [6.45, 7) is 1.09. The van der Waals surface area contributed by atoms with Gasteiger partial charge in [0.2, 0.25) is 5.91 Å². The average molecular weight is 559 g/mol. The molecule has 2 aromatic carbocycles. The van der Waals surface area contributed by atoms with Crippen molar-refractivity contribution in [2.45, 2.75) is 60.3 Å². The minimum absolute atomic E-state index is 0.257. The van der Waals surface area contributed by atoms with Crippen LogP contribution in [0, 0.1) is 0 Å². The molecule has 1 amide bonds. The molecule has 1 N–H and O–H groups in total. The average Bonchev–Trinajstić information content (AvgIpc) is 2.87. The van der Waals surface area contributed by atoms with Crippen LogP contribution in [0.15, 0.2) is 52.3 Å². The number of rotatable bonds is 6. The number of hydrogen-bond acceptors (Lipinski definition) is 4. The molecule has 1 heterocycles. The summed E-state index contributed by atoms with van der Waals surface area (Å²) in [6, 6.07) is 8.96. The monoisotopic (exact) mass is 558 g/mol. The van der Waals surface area contributed by atoms with Crippen molar-refractivity contribution < 1.29 is 35.9 Å². The molecule has 0 radical (unpaired) electrons. The highest BCUT2D eigenvalue weighted by Crippen LogP contribution is 2.48. The summed E-state index contributed by atoms with van der Waals surface area (Å²) in [5.74, 6) is -0.587. The maximum Gasteiger partial charge on any atom is 0.418 e. The predicted molar refractivity (Wildman–Crippen MR) is 134 cm³/mol. The first-order chi connectivity index (χ1) is 18.0. The van der Waals surface area contributed by atoms with E-state index < -0.39 is 39.8 Å². The number of halogens is 6. The van der Waals surface area contributed by atoms with Crippen LogP contribution in [-0.4, -0.2) is 43.2 Å². The van der Waals surface area contributed by atoms with Crippen molar-refractivity contribution in [2.75, 3.05) is 31.6 Å². The minimum atomic E-state index is -5.30. The molecule has 206 valence electrons. The Bertz CT molecular complexity index is 1150. The number of nitrogens with zero attached hydrogens (tertiary/aromatic N) is 1. The van der Waals surface area contributed by atoms with Crippen molar-refractivity contribution in [3.05, 3.63) is 59.2 Å². The van der Waals surface area contributed by atoms with Gasteiger partial charge < -0.3 is 15.0 Å². The highest BCUT2D eigenvalue weighted by atomic mass is 32.2. The first kappa shape index (κ1) is 28.4. The van der Waals surface area contributed by atoms with Crippen molar-refractivity contribution >= 4 is 29.4 Å².